The molecule has 7 heteroatoms. The monoisotopic (exact) mass is 406 g/mol. The number of hydrogen-bond donors (Lipinski definition) is 1. The van der Waals surface area contributed by atoms with E-state index < -0.39 is 23.3 Å². The lowest BCUT2D eigenvalue weighted by Gasteiger charge is -2.23. The quantitative estimate of drug-likeness (QED) is 0.537. The van der Waals surface area contributed by atoms with Crippen LogP contribution in [0, 0.1) is 18.8 Å². The number of ether oxygens (including phenoxy) is 2. The molecule has 2 rings (SSSR count). The third-order valence-corrected chi connectivity index (χ3v) is 3.97. The molecule has 0 fully saturated rings. The zero-order valence-corrected chi connectivity index (χ0v) is 16.3. The van der Waals surface area contributed by atoms with Crippen LogP contribution >= 0.6 is 0 Å². The Balaban J connectivity index is 1.88. The van der Waals surface area contributed by atoms with Crippen LogP contribution in [0.4, 0.5) is 13.2 Å². The van der Waals surface area contributed by atoms with E-state index in [1.807, 2.05) is 0 Å². The molecule has 4 nitrogen and oxygen atoms in total. The molecule has 29 heavy (non-hydrogen) atoms. The van der Waals surface area contributed by atoms with Crippen molar-refractivity contribution in [2.24, 2.45) is 0 Å². The largest absolute Gasteiger partial charge is 0.493 e. The van der Waals surface area contributed by atoms with E-state index in [4.69, 9.17) is 14.6 Å². The highest BCUT2D eigenvalue weighted by molar-refractivity contribution is 5.76. The van der Waals surface area contributed by atoms with Gasteiger partial charge in [-0.15, -0.1) is 0 Å². The summed E-state index contributed by atoms with van der Waals surface area (Å²) in [5, 5.41) is 9.13. The van der Waals surface area contributed by atoms with E-state index in [1.165, 1.54) is 26.0 Å². The van der Waals surface area contributed by atoms with Gasteiger partial charge in [-0.1, -0.05) is 11.8 Å². The minimum Gasteiger partial charge on any atom is -0.493 e. The van der Waals surface area contributed by atoms with E-state index in [-0.39, 0.29) is 0 Å². The predicted octanol–water partition coefficient (Wildman–Crippen LogP) is 5.08. The Labute approximate surface area is 167 Å². The fourth-order valence-electron chi connectivity index (χ4n) is 2.27. The summed E-state index contributed by atoms with van der Waals surface area (Å²) < 4.78 is 48.7. The zero-order chi connectivity index (χ0) is 21.7. The van der Waals surface area contributed by atoms with Crippen molar-refractivity contribution in [3.05, 3.63) is 59.2 Å². The smallest absolute Gasteiger partial charge is 0.416 e. The molecular formula is C22H21F3O4. The average molecular weight is 406 g/mol. The summed E-state index contributed by atoms with van der Waals surface area (Å²) in [5.74, 6) is 5.61. The number of carboxylic acid groups (broad SMARTS) is 1. The van der Waals surface area contributed by atoms with Gasteiger partial charge in [0, 0.05) is 12.0 Å². The lowest BCUT2D eigenvalue weighted by molar-refractivity contribution is -0.152. The van der Waals surface area contributed by atoms with Gasteiger partial charge < -0.3 is 14.6 Å². The van der Waals surface area contributed by atoms with Crippen LogP contribution < -0.4 is 9.47 Å². The van der Waals surface area contributed by atoms with E-state index in [0.717, 1.165) is 17.7 Å². The van der Waals surface area contributed by atoms with E-state index in [2.05, 4.69) is 11.8 Å². The van der Waals surface area contributed by atoms with Crippen molar-refractivity contribution in [3.63, 3.8) is 0 Å². The number of benzene rings is 2. The molecule has 154 valence electrons. The maximum atomic E-state index is 12.5. The second kappa shape index (κ2) is 8.91. The molecular weight excluding hydrogens is 385 g/mol. The Morgan fingerprint density at radius 2 is 1.76 bits per heavy atom. The molecule has 0 heterocycles. The van der Waals surface area contributed by atoms with Gasteiger partial charge in [-0.25, -0.2) is 4.79 Å². The van der Waals surface area contributed by atoms with Crippen molar-refractivity contribution >= 4 is 5.97 Å². The van der Waals surface area contributed by atoms with Crippen LogP contribution in [0.1, 0.15) is 37.0 Å². The van der Waals surface area contributed by atoms with Crippen LogP contribution in [-0.2, 0) is 11.0 Å². The fraction of sp³-hybridized carbons (Fsp3) is 0.318. The van der Waals surface area contributed by atoms with Crippen LogP contribution in [0.25, 0.3) is 0 Å². The van der Waals surface area contributed by atoms with Crippen LogP contribution in [-0.4, -0.2) is 23.3 Å². The molecule has 0 amide bonds. The van der Waals surface area contributed by atoms with E-state index in [9.17, 15) is 18.0 Å². The number of halogens is 3. The van der Waals surface area contributed by atoms with Crippen molar-refractivity contribution in [1.29, 1.82) is 0 Å². The molecule has 0 atom stereocenters. The SMILES string of the molecule is Cc1cc(OCCC#Cc2ccc(C(F)(F)F)cc2)ccc1OC(C)(C)C(=O)O. The third kappa shape index (κ3) is 6.46. The summed E-state index contributed by atoms with van der Waals surface area (Å²) in [7, 11) is 0. The second-order valence-corrected chi connectivity index (χ2v) is 6.82. The molecule has 0 aliphatic heterocycles. The van der Waals surface area contributed by atoms with Crippen molar-refractivity contribution in [2.75, 3.05) is 6.61 Å². The van der Waals surface area contributed by atoms with Crippen molar-refractivity contribution in [2.45, 2.75) is 39.0 Å². The highest BCUT2D eigenvalue weighted by atomic mass is 19.4. The number of hydrogen-bond acceptors (Lipinski definition) is 3. The van der Waals surface area contributed by atoms with Gasteiger partial charge in [0.05, 0.1) is 12.2 Å². The highest BCUT2D eigenvalue weighted by Gasteiger charge is 2.30. The van der Waals surface area contributed by atoms with Gasteiger partial charge >= 0.3 is 12.1 Å². The van der Waals surface area contributed by atoms with E-state index in [0.29, 0.717) is 30.1 Å². The number of carbonyl (C=O) groups is 1. The Morgan fingerprint density at radius 1 is 1.10 bits per heavy atom. The summed E-state index contributed by atoms with van der Waals surface area (Å²) in [6.07, 6.45) is -3.97. The molecule has 1 N–H and O–H groups in total. The number of rotatable bonds is 6. The van der Waals surface area contributed by atoms with E-state index >= 15 is 0 Å². The molecule has 0 radical (unpaired) electrons. The fourth-order valence-corrected chi connectivity index (χ4v) is 2.27. The maximum absolute atomic E-state index is 12.5. The molecule has 0 aromatic heterocycles. The number of aryl methyl sites for hydroxylation is 1. The average Bonchev–Trinajstić information content (AvgIpc) is 2.63. The van der Waals surface area contributed by atoms with Crippen LogP contribution in [0.15, 0.2) is 42.5 Å². The first-order chi connectivity index (χ1) is 13.5. The van der Waals surface area contributed by atoms with Gasteiger partial charge in [-0.05, 0) is 68.8 Å². The topological polar surface area (TPSA) is 55.8 Å². The summed E-state index contributed by atoms with van der Waals surface area (Å²) in [6, 6.07) is 9.70. The van der Waals surface area contributed by atoms with Gasteiger partial charge in [0.25, 0.3) is 0 Å². The Morgan fingerprint density at radius 3 is 2.31 bits per heavy atom. The van der Waals surface area contributed by atoms with Crippen LogP contribution in [0.2, 0.25) is 0 Å². The lowest BCUT2D eigenvalue weighted by Crippen LogP contribution is -2.38. The van der Waals surface area contributed by atoms with Crippen molar-refractivity contribution in [1.82, 2.24) is 0 Å². The van der Waals surface area contributed by atoms with Gasteiger partial charge in [0.2, 0.25) is 0 Å². The standard InChI is InChI=1S/C22H21F3O4/c1-15-14-18(11-12-19(15)29-21(2,3)20(26)27)28-13-5-4-6-16-7-9-17(10-8-16)22(23,24)25/h7-12,14H,5,13H2,1-3H3,(H,26,27). The maximum Gasteiger partial charge on any atom is 0.416 e. The summed E-state index contributed by atoms with van der Waals surface area (Å²) >= 11 is 0. The van der Waals surface area contributed by atoms with Gasteiger partial charge in [0.1, 0.15) is 11.5 Å². The minimum atomic E-state index is -4.36. The Kier molecular flexibility index (Phi) is 6.80. The molecule has 2 aromatic rings. The summed E-state index contributed by atoms with van der Waals surface area (Å²) in [6.45, 7) is 5.02. The first-order valence-corrected chi connectivity index (χ1v) is 8.81. The molecule has 0 spiro atoms. The molecule has 0 aliphatic carbocycles. The van der Waals surface area contributed by atoms with Gasteiger partial charge in [-0.2, -0.15) is 13.2 Å². The number of carboxylic acids is 1. The second-order valence-electron chi connectivity index (χ2n) is 6.82. The summed E-state index contributed by atoms with van der Waals surface area (Å²) in [5.41, 5.74) is -0.828. The molecule has 0 saturated heterocycles. The Bertz CT molecular complexity index is 920. The molecule has 0 saturated carbocycles. The first-order valence-electron chi connectivity index (χ1n) is 8.81. The molecule has 0 unspecified atom stereocenters. The Hall–Kier alpha value is -3.14. The van der Waals surface area contributed by atoms with E-state index in [1.54, 1.807) is 25.1 Å². The molecule has 0 aliphatic rings. The predicted molar refractivity (Wildman–Crippen MR) is 102 cm³/mol. The van der Waals surface area contributed by atoms with Crippen LogP contribution in [0.5, 0.6) is 11.5 Å². The molecule has 0 bridgehead atoms. The normalized spacial score (nSPS) is 11.4. The number of alkyl halides is 3. The molecule has 2 aromatic carbocycles. The zero-order valence-electron chi connectivity index (χ0n) is 16.3. The lowest BCUT2D eigenvalue weighted by atomic mass is 10.1. The number of aliphatic carboxylic acids is 1. The summed E-state index contributed by atoms with van der Waals surface area (Å²) in [4.78, 5) is 11.2. The third-order valence-electron chi connectivity index (χ3n) is 3.97. The van der Waals surface area contributed by atoms with Gasteiger partial charge in [-0.3, -0.25) is 0 Å². The first kappa shape index (κ1) is 22.2. The van der Waals surface area contributed by atoms with Crippen LogP contribution in [0.3, 0.4) is 0 Å². The van der Waals surface area contributed by atoms with Crippen molar-refractivity contribution in [3.8, 4) is 23.3 Å². The minimum absolute atomic E-state index is 0.300. The van der Waals surface area contributed by atoms with Gasteiger partial charge in [0.15, 0.2) is 5.60 Å². The highest BCUT2D eigenvalue weighted by Crippen LogP contribution is 2.29. The van der Waals surface area contributed by atoms with Crippen molar-refractivity contribution < 1.29 is 32.5 Å².